The number of nitrogens with one attached hydrogen (secondary N) is 1. The number of nitrogens with two attached hydrogens (primary N) is 1. The lowest BCUT2D eigenvalue weighted by molar-refractivity contribution is 0.0526. The molecule has 0 heterocycles. The monoisotopic (exact) mass is 282 g/mol. The van der Waals surface area contributed by atoms with Gasteiger partial charge in [-0.3, -0.25) is 0 Å². The zero-order valence-corrected chi connectivity index (χ0v) is 12.5. The Morgan fingerprint density at radius 1 is 1.47 bits per heavy atom. The zero-order valence-electron chi connectivity index (χ0n) is 11.7. The van der Waals surface area contributed by atoms with Gasteiger partial charge in [0.05, 0.1) is 23.5 Å². The van der Waals surface area contributed by atoms with E-state index in [1.807, 2.05) is 17.8 Å². The summed E-state index contributed by atoms with van der Waals surface area (Å²) in [6.45, 7) is 6.40. The van der Waals surface area contributed by atoms with Crippen LogP contribution in [0.3, 0.4) is 0 Å². The molecule has 5 heteroatoms. The van der Waals surface area contributed by atoms with Gasteiger partial charge in [0.1, 0.15) is 0 Å². The second-order valence-electron chi connectivity index (χ2n) is 4.23. The van der Waals surface area contributed by atoms with Gasteiger partial charge in [0, 0.05) is 11.8 Å². The van der Waals surface area contributed by atoms with Gasteiger partial charge in [-0.05, 0) is 37.8 Å². The minimum Gasteiger partial charge on any atom is -0.462 e. The lowest BCUT2D eigenvalue weighted by atomic mass is 10.1. The predicted molar refractivity (Wildman–Crippen MR) is 82.9 cm³/mol. The minimum atomic E-state index is -0.338. The van der Waals surface area contributed by atoms with Gasteiger partial charge >= 0.3 is 5.97 Å². The molecule has 0 aliphatic carbocycles. The number of anilines is 2. The first-order valence-electron chi connectivity index (χ1n) is 6.49. The Morgan fingerprint density at radius 2 is 2.21 bits per heavy atom. The third-order valence-corrected chi connectivity index (χ3v) is 3.68. The van der Waals surface area contributed by atoms with Crippen LogP contribution in [-0.2, 0) is 4.74 Å². The molecule has 1 atom stereocenters. The van der Waals surface area contributed by atoms with Crippen LogP contribution in [0.4, 0.5) is 11.4 Å². The Hall–Kier alpha value is -1.36. The Balaban J connectivity index is 2.69. The standard InChI is InChI=1S/C14H22N2O2S/c1-4-18-14(17)11-6-7-13(12(15)8-11)16-10(3)9-19-5-2/h6-8,10,16H,4-5,9,15H2,1-3H3. The first-order chi connectivity index (χ1) is 9.08. The maximum absolute atomic E-state index is 11.6. The Morgan fingerprint density at radius 3 is 2.79 bits per heavy atom. The van der Waals surface area contributed by atoms with Crippen LogP contribution in [0.25, 0.3) is 0 Å². The molecule has 0 amide bonds. The summed E-state index contributed by atoms with van der Waals surface area (Å²) in [6, 6.07) is 5.55. The third-order valence-electron chi connectivity index (χ3n) is 2.54. The van der Waals surface area contributed by atoms with Crippen molar-refractivity contribution in [2.45, 2.75) is 26.8 Å². The van der Waals surface area contributed by atoms with Crippen molar-refractivity contribution in [3.05, 3.63) is 23.8 Å². The molecule has 106 valence electrons. The lowest BCUT2D eigenvalue weighted by Gasteiger charge is -2.16. The summed E-state index contributed by atoms with van der Waals surface area (Å²) >= 11 is 1.88. The molecule has 0 aromatic heterocycles. The maximum Gasteiger partial charge on any atom is 0.338 e. The molecule has 1 aromatic rings. The molecule has 0 bridgehead atoms. The van der Waals surface area contributed by atoms with Gasteiger partial charge in [0.2, 0.25) is 0 Å². The van der Waals surface area contributed by atoms with E-state index in [1.54, 1.807) is 19.1 Å². The van der Waals surface area contributed by atoms with E-state index >= 15 is 0 Å². The summed E-state index contributed by atoms with van der Waals surface area (Å²) < 4.78 is 4.94. The van der Waals surface area contributed by atoms with Gasteiger partial charge < -0.3 is 15.8 Å². The van der Waals surface area contributed by atoms with Crippen LogP contribution >= 0.6 is 11.8 Å². The van der Waals surface area contributed by atoms with Crippen molar-refractivity contribution in [3.63, 3.8) is 0 Å². The van der Waals surface area contributed by atoms with Crippen molar-refractivity contribution in [3.8, 4) is 0 Å². The van der Waals surface area contributed by atoms with E-state index in [0.717, 1.165) is 17.2 Å². The summed E-state index contributed by atoms with van der Waals surface area (Å²) in [5.41, 5.74) is 7.87. The highest BCUT2D eigenvalue weighted by molar-refractivity contribution is 7.99. The molecule has 0 saturated carbocycles. The van der Waals surface area contributed by atoms with Crippen LogP contribution in [0.5, 0.6) is 0 Å². The maximum atomic E-state index is 11.6. The van der Waals surface area contributed by atoms with Gasteiger partial charge in [-0.2, -0.15) is 11.8 Å². The van der Waals surface area contributed by atoms with E-state index in [1.165, 1.54) is 0 Å². The smallest absolute Gasteiger partial charge is 0.338 e. The van der Waals surface area contributed by atoms with Gasteiger partial charge in [0.25, 0.3) is 0 Å². The van der Waals surface area contributed by atoms with Crippen LogP contribution in [0.2, 0.25) is 0 Å². The molecular formula is C14H22N2O2S. The first-order valence-corrected chi connectivity index (χ1v) is 7.64. The number of ether oxygens (including phenoxy) is 1. The van der Waals surface area contributed by atoms with Crippen molar-refractivity contribution in [1.82, 2.24) is 0 Å². The quantitative estimate of drug-likeness (QED) is 0.594. The summed E-state index contributed by atoms with van der Waals surface area (Å²) in [5.74, 6) is 1.79. The Kier molecular flexibility index (Phi) is 6.56. The van der Waals surface area contributed by atoms with E-state index in [2.05, 4.69) is 19.2 Å². The van der Waals surface area contributed by atoms with Crippen LogP contribution in [-0.4, -0.2) is 30.1 Å². The number of carbonyl (C=O) groups excluding carboxylic acids is 1. The topological polar surface area (TPSA) is 64.3 Å². The first kappa shape index (κ1) is 15.7. The highest BCUT2D eigenvalue weighted by atomic mass is 32.2. The molecule has 1 aromatic carbocycles. The molecule has 0 saturated heterocycles. The molecule has 0 radical (unpaired) electrons. The fourth-order valence-corrected chi connectivity index (χ4v) is 2.31. The van der Waals surface area contributed by atoms with E-state index < -0.39 is 0 Å². The fraction of sp³-hybridized carbons (Fsp3) is 0.500. The molecule has 19 heavy (non-hydrogen) atoms. The molecule has 0 aliphatic rings. The van der Waals surface area contributed by atoms with Crippen molar-refractivity contribution in [2.75, 3.05) is 29.2 Å². The van der Waals surface area contributed by atoms with Crippen molar-refractivity contribution in [1.29, 1.82) is 0 Å². The van der Waals surface area contributed by atoms with E-state index in [0.29, 0.717) is 23.9 Å². The molecule has 0 fully saturated rings. The van der Waals surface area contributed by atoms with E-state index in [9.17, 15) is 4.79 Å². The molecule has 3 N–H and O–H groups in total. The largest absolute Gasteiger partial charge is 0.462 e. The van der Waals surface area contributed by atoms with Gasteiger partial charge in [-0.25, -0.2) is 4.79 Å². The molecule has 0 spiro atoms. The van der Waals surface area contributed by atoms with Crippen LogP contribution in [0, 0.1) is 0 Å². The number of benzene rings is 1. The number of nitrogen functional groups attached to an aromatic ring is 1. The summed E-state index contributed by atoms with van der Waals surface area (Å²) in [6.07, 6.45) is 0. The summed E-state index contributed by atoms with van der Waals surface area (Å²) in [4.78, 5) is 11.6. The normalized spacial score (nSPS) is 11.9. The average Bonchev–Trinajstić information content (AvgIpc) is 2.39. The second-order valence-corrected chi connectivity index (χ2v) is 5.55. The second kappa shape index (κ2) is 7.94. The minimum absolute atomic E-state index is 0.334. The molecule has 1 unspecified atom stereocenters. The molecule has 4 nitrogen and oxygen atoms in total. The fourth-order valence-electron chi connectivity index (χ4n) is 1.64. The number of hydrogen-bond donors (Lipinski definition) is 2. The number of carbonyl (C=O) groups is 1. The van der Waals surface area contributed by atoms with Gasteiger partial charge in [-0.1, -0.05) is 6.92 Å². The van der Waals surface area contributed by atoms with Gasteiger partial charge in [0.15, 0.2) is 0 Å². The van der Waals surface area contributed by atoms with Crippen molar-refractivity contribution >= 4 is 29.1 Å². The Bertz CT molecular complexity index is 424. The Labute approximate surface area is 119 Å². The summed E-state index contributed by atoms with van der Waals surface area (Å²) in [7, 11) is 0. The molecule has 0 aliphatic heterocycles. The van der Waals surface area contributed by atoms with E-state index in [-0.39, 0.29) is 5.97 Å². The number of hydrogen-bond acceptors (Lipinski definition) is 5. The third kappa shape index (κ3) is 5.03. The summed E-state index contributed by atoms with van der Waals surface area (Å²) in [5, 5.41) is 3.35. The number of esters is 1. The predicted octanol–water partition coefficient (Wildman–Crippen LogP) is 3.00. The number of rotatable bonds is 7. The number of thioether (sulfide) groups is 1. The SMILES string of the molecule is CCOC(=O)c1ccc(NC(C)CSCC)c(N)c1. The highest BCUT2D eigenvalue weighted by Gasteiger charge is 2.10. The van der Waals surface area contributed by atoms with Crippen LogP contribution in [0.1, 0.15) is 31.1 Å². The average molecular weight is 282 g/mol. The van der Waals surface area contributed by atoms with Gasteiger partial charge in [-0.15, -0.1) is 0 Å². The van der Waals surface area contributed by atoms with Crippen molar-refractivity contribution in [2.24, 2.45) is 0 Å². The molecule has 1 rings (SSSR count). The van der Waals surface area contributed by atoms with E-state index in [4.69, 9.17) is 10.5 Å². The van der Waals surface area contributed by atoms with Crippen LogP contribution in [0.15, 0.2) is 18.2 Å². The molecular weight excluding hydrogens is 260 g/mol. The lowest BCUT2D eigenvalue weighted by Crippen LogP contribution is -2.19. The highest BCUT2D eigenvalue weighted by Crippen LogP contribution is 2.22. The van der Waals surface area contributed by atoms with Crippen LogP contribution < -0.4 is 11.1 Å². The zero-order chi connectivity index (χ0) is 14.3. The van der Waals surface area contributed by atoms with Crippen molar-refractivity contribution < 1.29 is 9.53 Å².